The Morgan fingerprint density at radius 3 is 2.67 bits per heavy atom. The van der Waals surface area contributed by atoms with E-state index in [0.29, 0.717) is 23.8 Å². The van der Waals surface area contributed by atoms with Crippen molar-refractivity contribution < 1.29 is 14.6 Å². The minimum atomic E-state index is 0.0572. The molecule has 1 N–H and O–H groups in total. The van der Waals surface area contributed by atoms with Gasteiger partial charge in [-0.05, 0) is 48.4 Å². The quantitative estimate of drug-likeness (QED) is 0.590. The molecule has 3 aromatic rings. The van der Waals surface area contributed by atoms with Gasteiger partial charge >= 0.3 is 0 Å². The summed E-state index contributed by atoms with van der Waals surface area (Å²) in [5, 5.41) is 14.6. The number of hydrogen-bond donors (Lipinski definition) is 1. The highest BCUT2D eigenvalue weighted by Gasteiger charge is 2.09. The van der Waals surface area contributed by atoms with Gasteiger partial charge < -0.3 is 14.6 Å². The van der Waals surface area contributed by atoms with Crippen LogP contribution in [0.15, 0.2) is 54.9 Å². The fourth-order valence-corrected chi connectivity index (χ4v) is 2.65. The van der Waals surface area contributed by atoms with Crippen molar-refractivity contribution >= 4 is 17.4 Å². The molecule has 0 saturated heterocycles. The van der Waals surface area contributed by atoms with Crippen LogP contribution in [-0.4, -0.2) is 27.0 Å². The Kier molecular flexibility index (Phi) is 5.98. The summed E-state index contributed by atoms with van der Waals surface area (Å²) in [6, 6.07) is 13.0. The number of ether oxygens (including phenoxy) is 2. The summed E-state index contributed by atoms with van der Waals surface area (Å²) in [6.07, 6.45) is 3.88. The van der Waals surface area contributed by atoms with Crippen LogP contribution in [0.4, 0.5) is 0 Å². The summed E-state index contributed by atoms with van der Waals surface area (Å²) in [5.41, 5.74) is 1.73. The number of aromatic nitrogens is 3. The second-order valence-electron chi connectivity index (χ2n) is 5.76. The molecule has 0 radical (unpaired) electrons. The zero-order valence-electron chi connectivity index (χ0n) is 15.1. The normalized spacial score (nSPS) is 11.4. The van der Waals surface area contributed by atoms with E-state index in [1.54, 1.807) is 30.0 Å². The van der Waals surface area contributed by atoms with E-state index in [4.69, 9.17) is 21.1 Å². The summed E-state index contributed by atoms with van der Waals surface area (Å²) >= 11 is 6.34. The van der Waals surface area contributed by atoms with Gasteiger partial charge in [0.1, 0.15) is 24.4 Å². The first kappa shape index (κ1) is 18.8. The Labute approximate surface area is 162 Å². The maximum Gasteiger partial charge on any atom is 0.216 e. The van der Waals surface area contributed by atoms with Gasteiger partial charge in [0.25, 0.3) is 0 Å². The highest BCUT2D eigenvalue weighted by atomic mass is 35.5. The number of aliphatic hydroxyl groups excluding tert-OH is 1. The van der Waals surface area contributed by atoms with Gasteiger partial charge in [-0.25, -0.2) is 9.67 Å². The number of rotatable bonds is 7. The Morgan fingerprint density at radius 1 is 1.22 bits per heavy atom. The molecule has 27 heavy (non-hydrogen) atoms. The van der Waals surface area contributed by atoms with Gasteiger partial charge in [-0.2, -0.15) is 0 Å². The van der Waals surface area contributed by atoms with Crippen LogP contribution in [0.3, 0.4) is 0 Å². The predicted molar refractivity (Wildman–Crippen MR) is 105 cm³/mol. The Hall–Kier alpha value is -2.99. The summed E-state index contributed by atoms with van der Waals surface area (Å²) in [7, 11) is 1.63. The van der Waals surface area contributed by atoms with Crippen molar-refractivity contribution in [3.8, 4) is 17.2 Å². The lowest BCUT2D eigenvalue weighted by molar-refractivity contribution is 0.306. The molecule has 0 aliphatic heterocycles. The van der Waals surface area contributed by atoms with Crippen LogP contribution in [0.2, 0.25) is 5.02 Å². The number of benzene rings is 2. The first-order chi connectivity index (χ1) is 13.1. The zero-order chi connectivity index (χ0) is 19.2. The highest BCUT2D eigenvalue weighted by Crippen LogP contribution is 2.28. The van der Waals surface area contributed by atoms with E-state index in [9.17, 15) is 5.11 Å². The van der Waals surface area contributed by atoms with E-state index >= 15 is 0 Å². The maximum absolute atomic E-state index is 9.86. The molecule has 0 aliphatic rings. The molecular weight excluding hydrogens is 366 g/mol. The third kappa shape index (κ3) is 4.60. The van der Waals surface area contributed by atoms with Crippen LogP contribution in [0.5, 0.6) is 11.5 Å². The van der Waals surface area contributed by atoms with Crippen LogP contribution in [0, 0.1) is 0 Å². The average molecular weight is 386 g/mol. The van der Waals surface area contributed by atoms with Crippen molar-refractivity contribution in [2.75, 3.05) is 7.11 Å². The van der Waals surface area contributed by atoms with Gasteiger partial charge in [0.2, 0.25) is 5.82 Å². The SMILES string of the molecule is CCC=C(O)c1ncn(-c2ccc(OCc3ccc(OC)cc3)c(Cl)c2)n1. The molecule has 0 spiro atoms. The molecule has 0 saturated carbocycles. The van der Waals surface area contributed by atoms with Crippen molar-refractivity contribution in [1.29, 1.82) is 0 Å². The first-order valence-electron chi connectivity index (χ1n) is 8.47. The largest absolute Gasteiger partial charge is 0.504 e. The maximum atomic E-state index is 9.86. The second-order valence-corrected chi connectivity index (χ2v) is 6.17. The standard InChI is InChI=1S/C20H20ClN3O3/c1-3-4-18(25)20-22-13-24(23-20)15-7-10-19(17(21)11-15)27-12-14-5-8-16(26-2)9-6-14/h4-11,13,25H,3,12H2,1-2H3. The van der Waals surface area contributed by atoms with Gasteiger partial charge in [0, 0.05) is 0 Å². The monoisotopic (exact) mass is 385 g/mol. The molecular formula is C20H20ClN3O3. The van der Waals surface area contributed by atoms with Gasteiger partial charge in [-0.1, -0.05) is 30.7 Å². The number of methoxy groups -OCH3 is 1. The van der Waals surface area contributed by atoms with Crippen molar-refractivity contribution in [3.05, 3.63) is 71.3 Å². The Balaban J connectivity index is 1.70. The van der Waals surface area contributed by atoms with Crippen LogP contribution in [0.1, 0.15) is 24.7 Å². The van der Waals surface area contributed by atoms with E-state index in [1.807, 2.05) is 37.3 Å². The topological polar surface area (TPSA) is 69.4 Å². The zero-order valence-corrected chi connectivity index (χ0v) is 15.8. The minimum Gasteiger partial charge on any atom is -0.504 e. The number of hydrogen-bond acceptors (Lipinski definition) is 5. The Morgan fingerprint density at radius 2 is 2.00 bits per heavy atom. The molecule has 0 fully saturated rings. The minimum absolute atomic E-state index is 0.0572. The molecule has 1 heterocycles. The average Bonchev–Trinajstić information content (AvgIpc) is 3.18. The van der Waals surface area contributed by atoms with Crippen molar-refractivity contribution in [2.24, 2.45) is 0 Å². The number of nitrogens with zero attached hydrogens (tertiary/aromatic N) is 3. The van der Waals surface area contributed by atoms with Crippen LogP contribution < -0.4 is 9.47 Å². The summed E-state index contributed by atoms with van der Waals surface area (Å²) in [4.78, 5) is 4.10. The highest BCUT2D eigenvalue weighted by molar-refractivity contribution is 6.32. The predicted octanol–water partition coefficient (Wildman–Crippen LogP) is 4.82. The van der Waals surface area contributed by atoms with Gasteiger partial charge in [0.05, 0.1) is 17.8 Å². The summed E-state index contributed by atoms with van der Waals surface area (Å²) in [5.74, 6) is 1.70. The molecule has 0 amide bonds. The molecule has 0 aliphatic carbocycles. The number of allylic oxidation sites excluding steroid dienone is 1. The molecule has 0 bridgehead atoms. The van der Waals surface area contributed by atoms with Crippen molar-refractivity contribution in [1.82, 2.24) is 14.8 Å². The number of aliphatic hydroxyl groups is 1. The van der Waals surface area contributed by atoms with Gasteiger partial charge in [0.15, 0.2) is 5.76 Å². The molecule has 3 rings (SSSR count). The van der Waals surface area contributed by atoms with Crippen molar-refractivity contribution in [2.45, 2.75) is 20.0 Å². The van der Waals surface area contributed by atoms with Crippen LogP contribution in [0.25, 0.3) is 11.4 Å². The molecule has 140 valence electrons. The second kappa shape index (κ2) is 8.60. The number of halogens is 1. The van der Waals surface area contributed by atoms with Gasteiger partial charge in [-0.15, -0.1) is 5.10 Å². The van der Waals surface area contributed by atoms with Crippen LogP contribution >= 0.6 is 11.6 Å². The fraction of sp³-hybridized carbons (Fsp3) is 0.200. The lowest BCUT2D eigenvalue weighted by Gasteiger charge is -2.10. The van der Waals surface area contributed by atoms with E-state index < -0.39 is 0 Å². The third-order valence-corrected chi connectivity index (χ3v) is 4.15. The van der Waals surface area contributed by atoms with Crippen molar-refractivity contribution in [3.63, 3.8) is 0 Å². The van der Waals surface area contributed by atoms with Crippen LogP contribution in [-0.2, 0) is 6.61 Å². The fourth-order valence-electron chi connectivity index (χ4n) is 2.42. The molecule has 1 aromatic heterocycles. The van der Waals surface area contributed by atoms with E-state index in [1.165, 1.54) is 6.33 Å². The first-order valence-corrected chi connectivity index (χ1v) is 8.85. The molecule has 6 nitrogen and oxygen atoms in total. The molecule has 7 heteroatoms. The Bertz CT molecular complexity index is 936. The lowest BCUT2D eigenvalue weighted by atomic mass is 10.2. The smallest absolute Gasteiger partial charge is 0.216 e. The third-order valence-electron chi connectivity index (χ3n) is 3.85. The molecule has 2 aromatic carbocycles. The summed E-state index contributed by atoms with van der Waals surface area (Å²) < 4.78 is 12.5. The van der Waals surface area contributed by atoms with E-state index in [2.05, 4.69) is 10.1 Å². The van der Waals surface area contributed by atoms with E-state index in [0.717, 1.165) is 17.0 Å². The lowest BCUT2D eigenvalue weighted by Crippen LogP contribution is -1.99. The van der Waals surface area contributed by atoms with Gasteiger partial charge in [-0.3, -0.25) is 0 Å². The van der Waals surface area contributed by atoms with E-state index in [-0.39, 0.29) is 11.6 Å². The molecule has 0 unspecified atom stereocenters. The summed E-state index contributed by atoms with van der Waals surface area (Å²) in [6.45, 7) is 2.32. The molecule has 0 atom stereocenters.